The first-order chi connectivity index (χ1) is 13.2. The van der Waals surface area contributed by atoms with Crippen molar-refractivity contribution in [2.75, 3.05) is 13.4 Å². The van der Waals surface area contributed by atoms with Crippen LogP contribution in [0.3, 0.4) is 0 Å². The van der Waals surface area contributed by atoms with E-state index in [1.54, 1.807) is 13.8 Å². The average molecular weight is 428 g/mol. The highest BCUT2D eigenvalue weighted by Gasteiger charge is 2.56. The van der Waals surface area contributed by atoms with Crippen LogP contribution in [-0.2, 0) is 20.5 Å². The van der Waals surface area contributed by atoms with E-state index in [0.29, 0.717) is 12.0 Å². The summed E-state index contributed by atoms with van der Waals surface area (Å²) < 4.78 is 93.4. The number of ether oxygens (including phenoxy) is 2. The van der Waals surface area contributed by atoms with Crippen LogP contribution in [0.4, 0.5) is 26.3 Å². The summed E-state index contributed by atoms with van der Waals surface area (Å²) in [5, 5.41) is 0. The summed E-state index contributed by atoms with van der Waals surface area (Å²) in [6.07, 6.45) is -9.20. The minimum absolute atomic E-state index is 0.147. The van der Waals surface area contributed by atoms with Crippen molar-refractivity contribution in [1.29, 1.82) is 0 Å². The molecule has 0 bridgehead atoms. The van der Waals surface area contributed by atoms with E-state index in [0.717, 1.165) is 19.9 Å². The van der Waals surface area contributed by atoms with Crippen LogP contribution in [0.25, 0.3) is 0 Å². The lowest BCUT2D eigenvalue weighted by atomic mass is 9.75. The predicted octanol–water partition coefficient (Wildman–Crippen LogP) is 7.22. The third-order valence-corrected chi connectivity index (χ3v) is 5.83. The summed E-state index contributed by atoms with van der Waals surface area (Å²) >= 11 is 0. The molecule has 0 spiro atoms. The van der Waals surface area contributed by atoms with E-state index in [-0.39, 0.29) is 30.1 Å². The molecule has 0 aliphatic rings. The Hall–Kier alpha value is -1.28. The molecule has 1 rings (SSSR count). The summed E-state index contributed by atoms with van der Waals surface area (Å²) in [7, 11) is 0. The Morgan fingerprint density at radius 2 is 1.41 bits per heavy atom. The van der Waals surface area contributed by atoms with Gasteiger partial charge in [-0.25, -0.2) is 0 Å². The SMILES string of the molecule is CCOCOC(C)(c1cc(C(C)CC)cc(C(C)(CC)C(F)(F)F)c1)C(F)(F)F. The van der Waals surface area contributed by atoms with Crippen molar-refractivity contribution >= 4 is 0 Å². The fraction of sp³-hybridized carbons (Fsp3) is 0.714. The molecular formula is C21H30F6O2. The third kappa shape index (κ3) is 5.26. The molecule has 0 saturated heterocycles. The maximum atomic E-state index is 14.0. The van der Waals surface area contributed by atoms with Gasteiger partial charge in [-0.05, 0) is 56.2 Å². The zero-order chi connectivity index (χ0) is 22.7. The van der Waals surface area contributed by atoms with E-state index in [1.165, 1.54) is 19.1 Å². The Morgan fingerprint density at radius 3 is 1.83 bits per heavy atom. The number of hydrogen-bond donors (Lipinski definition) is 0. The fourth-order valence-corrected chi connectivity index (χ4v) is 2.91. The average Bonchev–Trinajstić information content (AvgIpc) is 2.64. The summed E-state index contributed by atoms with van der Waals surface area (Å²) in [4.78, 5) is 0. The second-order valence-corrected chi connectivity index (χ2v) is 7.62. The highest BCUT2D eigenvalue weighted by Crippen LogP contribution is 2.48. The third-order valence-electron chi connectivity index (χ3n) is 5.83. The van der Waals surface area contributed by atoms with Crippen LogP contribution in [0.1, 0.15) is 77.0 Å². The molecule has 0 aliphatic heterocycles. The Labute approximate surface area is 168 Å². The van der Waals surface area contributed by atoms with Crippen molar-refractivity contribution in [2.45, 2.75) is 83.7 Å². The molecule has 0 N–H and O–H groups in total. The molecule has 29 heavy (non-hydrogen) atoms. The van der Waals surface area contributed by atoms with Crippen molar-refractivity contribution in [3.05, 3.63) is 34.9 Å². The molecule has 3 unspecified atom stereocenters. The molecule has 0 fully saturated rings. The van der Waals surface area contributed by atoms with E-state index in [2.05, 4.69) is 0 Å². The van der Waals surface area contributed by atoms with E-state index in [4.69, 9.17) is 9.47 Å². The first kappa shape index (κ1) is 25.8. The van der Waals surface area contributed by atoms with Gasteiger partial charge in [-0.3, -0.25) is 0 Å². The minimum Gasteiger partial charge on any atom is -0.356 e. The quantitative estimate of drug-likeness (QED) is 0.235. The topological polar surface area (TPSA) is 18.5 Å². The van der Waals surface area contributed by atoms with Crippen molar-refractivity contribution in [3.63, 3.8) is 0 Å². The van der Waals surface area contributed by atoms with Crippen molar-refractivity contribution in [2.24, 2.45) is 0 Å². The zero-order valence-corrected chi connectivity index (χ0v) is 17.7. The van der Waals surface area contributed by atoms with Crippen molar-refractivity contribution in [3.8, 4) is 0 Å². The number of halogens is 6. The molecule has 8 heteroatoms. The molecule has 2 nitrogen and oxygen atoms in total. The lowest BCUT2D eigenvalue weighted by Gasteiger charge is -2.36. The van der Waals surface area contributed by atoms with Crippen LogP contribution >= 0.6 is 0 Å². The van der Waals surface area contributed by atoms with Gasteiger partial charge in [0.2, 0.25) is 0 Å². The number of benzene rings is 1. The molecule has 0 saturated carbocycles. The largest absolute Gasteiger partial charge is 0.421 e. The lowest BCUT2D eigenvalue weighted by molar-refractivity contribution is -0.298. The Balaban J connectivity index is 3.75. The van der Waals surface area contributed by atoms with Gasteiger partial charge in [0.1, 0.15) is 6.79 Å². The molecule has 0 heterocycles. The van der Waals surface area contributed by atoms with E-state index >= 15 is 0 Å². The van der Waals surface area contributed by atoms with Crippen molar-refractivity contribution in [1.82, 2.24) is 0 Å². The van der Waals surface area contributed by atoms with Crippen LogP contribution in [0, 0.1) is 0 Å². The summed E-state index contributed by atoms with van der Waals surface area (Å²) in [6.45, 7) is 7.93. The summed E-state index contributed by atoms with van der Waals surface area (Å²) in [5.41, 5.74) is -5.23. The van der Waals surface area contributed by atoms with Gasteiger partial charge in [-0.2, -0.15) is 26.3 Å². The first-order valence-electron chi connectivity index (χ1n) is 9.69. The van der Waals surface area contributed by atoms with Gasteiger partial charge < -0.3 is 9.47 Å². The van der Waals surface area contributed by atoms with Gasteiger partial charge in [0.15, 0.2) is 5.60 Å². The van der Waals surface area contributed by atoms with E-state index < -0.39 is 30.2 Å². The second kappa shape index (κ2) is 9.25. The molecule has 1 aromatic carbocycles. The molecule has 0 amide bonds. The Bertz CT molecular complexity index is 670. The number of rotatable bonds is 9. The summed E-state index contributed by atoms with van der Waals surface area (Å²) in [5.74, 6) is -0.215. The van der Waals surface area contributed by atoms with Crippen LogP contribution in [0.15, 0.2) is 18.2 Å². The highest BCUT2D eigenvalue weighted by molar-refractivity contribution is 5.40. The maximum absolute atomic E-state index is 14.0. The summed E-state index contributed by atoms with van der Waals surface area (Å²) in [6, 6.07) is 3.64. The Morgan fingerprint density at radius 1 is 0.862 bits per heavy atom. The monoisotopic (exact) mass is 428 g/mol. The normalized spacial score (nSPS) is 18.2. The molecule has 0 radical (unpaired) electrons. The van der Waals surface area contributed by atoms with Gasteiger partial charge in [0, 0.05) is 6.61 Å². The number of hydrogen-bond acceptors (Lipinski definition) is 2. The maximum Gasteiger partial charge on any atom is 0.421 e. The molecular weight excluding hydrogens is 398 g/mol. The second-order valence-electron chi connectivity index (χ2n) is 7.62. The van der Waals surface area contributed by atoms with Gasteiger partial charge in [0.25, 0.3) is 0 Å². The standard InChI is InChI=1S/C21H30F6O2/c1-7-14(4)15-10-16(18(5,8-2)20(22,23)24)12-17(11-15)19(6,21(25,26)27)29-13-28-9-3/h10-12,14H,7-9,13H2,1-6H3. The molecule has 3 atom stereocenters. The van der Waals surface area contributed by atoms with E-state index in [1.807, 2.05) is 6.92 Å². The highest BCUT2D eigenvalue weighted by atomic mass is 19.4. The lowest BCUT2D eigenvalue weighted by Crippen LogP contribution is -2.44. The van der Waals surface area contributed by atoms with Crippen molar-refractivity contribution < 1.29 is 35.8 Å². The predicted molar refractivity (Wildman–Crippen MR) is 99.8 cm³/mol. The molecule has 168 valence electrons. The van der Waals surface area contributed by atoms with Crippen LogP contribution in [-0.4, -0.2) is 25.8 Å². The molecule has 0 aliphatic carbocycles. The Kier molecular flexibility index (Phi) is 8.21. The molecule has 0 aromatic heterocycles. The zero-order valence-electron chi connectivity index (χ0n) is 17.7. The van der Waals surface area contributed by atoms with Gasteiger partial charge >= 0.3 is 12.4 Å². The smallest absolute Gasteiger partial charge is 0.356 e. The van der Waals surface area contributed by atoms with Gasteiger partial charge in [-0.1, -0.05) is 39.0 Å². The minimum atomic E-state index is -4.85. The first-order valence-corrected chi connectivity index (χ1v) is 9.69. The van der Waals surface area contributed by atoms with Gasteiger partial charge in [0.05, 0.1) is 5.41 Å². The van der Waals surface area contributed by atoms with E-state index in [9.17, 15) is 26.3 Å². The van der Waals surface area contributed by atoms with Crippen LogP contribution in [0.5, 0.6) is 0 Å². The van der Waals surface area contributed by atoms with Crippen LogP contribution < -0.4 is 0 Å². The number of alkyl halides is 6. The van der Waals surface area contributed by atoms with Crippen LogP contribution in [0.2, 0.25) is 0 Å². The van der Waals surface area contributed by atoms with Gasteiger partial charge in [-0.15, -0.1) is 0 Å². The fourth-order valence-electron chi connectivity index (χ4n) is 2.91. The molecule has 1 aromatic rings.